The van der Waals surface area contributed by atoms with Crippen LogP contribution in [0.4, 0.5) is 21.4 Å². The lowest BCUT2D eigenvalue weighted by molar-refractivity contribution is 0.0359. The number of carbonyl (C=O) groups excluding carboxylic acids is 1. The Morgan fingerprint density at radius 3 is 2.85 bits per heavy atom. The fourth-order valence-electron chi connectivity index (χ4n) is 4.46. The second kappa shape index (κ2) is 12.7. The van der Waals surface area contributed by atoms with Crippen molar-refractivity contribution in [1.82, 2.24) is 34.8 Å². The number of hydrogen-bond acceptors (Lipinski definition) is 11. The smallest absolute Gasteiger partial charge is 0.325 e. The summed E-state index contributed by atoms with van der Waals surface area (Å²) in [5, 5.41) is 18.3. The molecule has 1 aliphatic heterocycles. The molecule has 5 aromatic rings. The van der Waals surface area contributed by atoms with Gasteiger partial charge in [-0.25, -0.2) is 19.7 Å². The van der Waals surface area contributed by atoms with Gasteiger partial charge in [0.1, 0.15) is 17.8 Å². The molecule has 1 saturated heterocycles. The normalized spacial score (nSPS) is 13.9. The molecule has 212 valence electrons. The molecule has 14 heteroatoms. The number of nitrogens with zero attached hydrogens (tertiary/aromatic N) is 7. The van der Waals surface area contributed by atoms with Crippen LogP contribution in [0, 0.1) is 6.92 Å². The first kappa shape index (κ1) is 27.2. The molecule has 1 aromatic carbocycles. The van der Waals surface area contributed by atoms with Gasteiger partial charge in [0.05, 0.1) is 41.0 Å². The minimum Gasteiger partial charge on any atom is -0.379 e. The van der Waals surface area contributed by atoms with Crippen LogP contribution >= 0.6 is 22.7 Å². The van der Waals surface area contributed by atoms with Gasteiger partial charge in [0.25, 0.3) is 0 Å². The SMILES string of the molecule is Cc1cccc(NC(=O)Nc2ncc(CCNc3ncnc4cc(-c5cn(CCN6CCOCC6)nn5)sc34)s2)c1. The first-order chi connectivity index (χ1) is 20.1. The Labute approximate surface area is 244 Å². The molecule has 0 bridgehead atoms. The van der Waals surface area contributed by atoms with Crippen molar-refractivity contribution in [3.05, 3.63) is 59.5 Å². The van der Waals surface area contributed by atoms with Gasteiger partial charge >= 0.3 is 6.03 Å². The number of thiophene rings is 1. The fourth-order valence-corrected chi connectivity index (χ4v) is 6.30. The van der Waals surface area contributed by atoms with Crippen molar-refractivity contribution in [1.29, 1.82) is 0 Å². The topological polar surface area (TPSA) is 135 Å². The van der Waals surface area contributed by atoms with Gasteiger partial charge in [-0.1, -0.05) is 17.3 Å². The van der Waals surface area contributed by atoms with E-state index in [0.29, 0.717) is 11.7 Å². The number of carbonyl (C=O) groups is 1. The first-order valence-electron chi connectivity index (χ1n) is 13.4. The lowest BCUT2D eigenvalue weighted by Crippen LogP contribution is -2.38. The zero-order chi connectivity index (χ0) is 28.0. The molecular weight excluding hydrogens is 560 g/mol. The summed E-state index contributed by atoms with van der Waals surface area (Å²) in [6.45, 7) is 7.85. The molecule has 0 atom stereocenters. The van der Waals surface area contributed by atoms with E-state index in [1.165, 1.54) is 11.3 Å². The zero-order valence-corrected chi connectivity index (χ0v) is 24.2. The molecule has 5 heterocycles. The summed E-state index contributed by atoms with van der Waals surface area (Å²) in [5.41, 5.74) is 3.52. The number of amides is 2. The summed E-state index contributed by atoms with van der Waals surface area (Å²) < 4.78 is 8.29. The number of benzene rings is 1. The van der Waals surface area contributed by atoms with Gasteiger partial charge in [-0.15, -0.1) is 27.8 Å². The van der Waals surface area contributed by atoms with E-state index in [2.05, 4.69) is 46.1 Å². The van der Waals surface area contributed by atoms with Gasteiger partial charge in [0.15, 0.2) is 5.13 Å². The number of aromatic nitrogens is 6. The quantitative estimate of drug-likeness (QED) is 0.217. The Bertz CT molecular complexity index is 1630. The van der Waals surface area contributed by atoms with Crippen molar-refractivity contribution in [2.45, 2.75) is 19.9 Å². The van der Waals surface area contributed by atoms with Crippen LogP contribution in [-0.4, -0.2) is 80.3 Å². The molecule has 6 rings (SSSR count). The standard InChI is InChI=1S/C27H30N10O2S2/c1-18-3-2-4-19(13-18)32-26(38)33-27-29-15-20(40-27)5-6-28-25-24-21(30-17-31-25)14-23(41-24)22-16-37(35-34-22)8-7-36-9-11-39-12-10-36/h2-4,13-17H,5-12H2,1H3,(H,28,30,31)(H2,29,32,33,38). The number of morpholine rings is 1. The van der Waals surface area contributed by atoms with E-state index in [9.17, 15) is 4.79 Å². The van der Waals surface area contributed by atoms with Crippen molar-refractivity contribution in [2.24, 2.45) is 0 Å². The average Bonchev–Trinajstić information content (AvgIpc) is 3.73. The minimum absolute atomic E-state index is 0.316. The van der Waals surface area contributed by atoms with Crippen LogP contribution in [0.5, 0.6) is 0 Å². The molecule has 0 unspecified atom stereocenters. The van der Waals surface area contributed by atoms with Gasteiger partial charge < -0.3 is 15.4 Å². The van der Waals surface area contributed by atoms with Crippen LogP contribution in [0.2, 0.25) is 0 Å². The summed E-state index contributed by atoms with van der Waals surface area (Å²) >= 11 is 3.05. The Hall–Kier alpha value is -3.98. The minimum atomic E-state index is -0.316. The molecule has 12 nitrogen and oxygen atoms in total. The third-order valence-electron chi connectivity index (χ3n) is 6.57. The summed E-state index contributed by atoms with van der Waals surface area (Å²) in [7, 11) is 0. The van der Waals surface area contributed by atoms with Crippen LogP contribution in [0.15, 0.2) is 49.1 Å². The van der Waals surface area contributed by atoms with E-state index in [0.717, 1.165) is 88.5 Å². The number of aryl methyl sites for hydroxylation is 1. The van der Waals surface area contributed by atoms with Gasteiger partial charge in [-0.3, -0.25) is 14.9 Å². The second-order valence-electron chi connectivity index (χ2n) is 9.63. The fraction of sp³-hybridized carbons (Fsp3) is 0.333. The predicted molar refractivity (Wildman–Crippen MR) is 162 cm³/mol. The molecule has 2 amide bonds. The number of ether oxygens (including phenoxy) is 1. The van der Waals surface area contributed by atoms with Crippen molar-refractivity contribution >= 4 is 55.6 Å². The number of anilines is 3. The Balaban J connectivity index is 1.02. The lowest BCUT2D eigenvalue weighted by Gasteiger charge is -2.26. The van der Waals surface area contributed by atoms with Crippen LogP contribution in [-0.2, 0) is 17.7 Å². The van der Waals surface area contributed by atoms with Gasteiger partial charge in [-0.2, -0.15) is 0 Å². The highest BCUT2D eigenvalue weighted by Crippen LogP contribution is 2.34. The van der Waals surface area contributed by atoms with Crippen molar-refractivity contribution in [2.75, 3.05) is 55.3 Å². The summed E-state index contributed by atoms with van der Waals surface area (Å²) in [6, 6.07) is 9.37. The van der Waals surface area contributed by atoms with E-state index in [1.807, 2.05) is 48.1 Å². The third kappa shape index (κ3) is 7.03. The molecule has 1 aliphatic rings. The summed E-state index contributed by atoms with van der Waals surface area (Å²) in [4.78, 5) is 30.0. The van der Waals surface area contributed by atoms with E-state index in [1.54, 1.807) is 23.9 Å². The van der Waals surface area contributed by atoms with Gasteiger partial charge in [0.2, 0.25) is 0 Å². The molecule has 0 spiro atoms. The monoisotopic (exact) mass is 590 g/mol. The largest absolute Gasteiger partial charge is 0.379 e. The molecule has 1 fully saturated rings. The zero-order valence-electron chi connectivity index (χ0n) is 22.5. The highest BCUT2D eigenvalue weighted by molar-refractivity contribution is 7.22. The summed E-state index contributed by atoms with van der Waals surface area (Å²) in [5.74, 6) is 0.784. The van der Waals surface area contributed by atoms with Crippen molar-refractivity contribution in [3.8, 4) is 10.6 Å². The lowest BCUT2D eigenvalue weighted by atomic mass is 10.2. The maximum atomic E-state index is 12.3. The Morgan fingerprint density at radius 2 is 1.98 bits per heavy atom. The van der Waals surface area contributed by atoms with Crippen LogP contribution in [0.1, 0.15) is 10.4 Å². The number of nitrogens with one attached hydrogen (secondary N) is 3. The highest BCUT2D eigenvalue weighted by atomic mass is 32.1. The van der Waals surface area contributed by atoms with E-state index in [4.69, 9.17) is 4.74 Å². The molecule has 0 saturated carbocycles. The molecule has 3 N–H and O–H groups in total. The molecule has 0 radical (unpaired) electrons. The van der Waals surface area contributed by atoms with Gasteiger partial charge in [-0.05, 0) is 30.7 Å². The Kier molecular flexibility index (Phi) is 8.41. The molecular formula is C27H30N10O2S2. The number of urea groups is 1. The maximum Gasteiger partial charge on any atom is 0.325 e. The maximum absolute atomic E-state index is 12.3. The molecule has 0 aliphatic carbocycles. The molecule has 41 heavy (non-hydrogen) atoms. The van der Waals surface area contributed by atoms with E-state index >= 15 is 0 Å². The van der Waals surface area contributed by atoms with E-state index in [-0.39, 0.29) is 6.03 Å². The number of fused-ring (bicyclic) bond motifs is 1. The third-order valence-corrected chi connectivity index (χ3v) is 8.69. The number of hydrogen-bond donors (Lipinski definition) is 3. The highest BCUT2D eigenvalue weighted by Gasteiger charge is 2.15. The Morgan fingerprint density at radius 1 is 1.07 bits per heavy atom. The second-order valence-corrected chi connectivity index (χ2v) is 11.8. The van der Waals surface area contributed by atoms with Crippen LogP contribution < -0.4 is 16.0 Å². The van der Waals surface area contributed by atoms with E-state index < -0.39 is 0 Å². The van der Waals surface area contributed by atoms with Crippen LogP contribution in [0.3, 0.4) is 0 Å². The predicted octanol–water partition coefficient (Wildman–Crippen LogP) is 4.35. The van der Waals surface area contributed by atoms with Crippen LogP contribution in [0.25, 0.3) is 20.8 Å². The summed E-state index contributed by atoms with van der Waals surface area (Å²) in [6.07, 6.45) is 6.08. The van der Waals surface area contributed by atoms with Gasteiger partial charge in [0, 0.05) is 49.4 Å². The average molecular weight is 591 g/mol. The molecule has 4 aromatic heterocycles. The van der Waals surface area contributed by atoms with Crippen molar-refractivity contribution < 1.29 is 9.53 Å². The number of thiazole rings is 1. The first-order valence-corrected chi connectivity index (χ1v) is 15.0. The van der Waals surface area contributed by atoms with Crippen molar-refractivity contribution in [3.63, 3.8) is 0 Å². The number of rotatable bonds is 10.